The smallest absolute Gasteiger partial charge is 0.221 e. The van der Waals surface area contributed by atoms with Crippen molar-refractivity contribution in [3.05, 3.63) is 65.7 Å². The summed E-state index contributed by atoms with van der Waals surface area (Å²) in [5.41, 5.74) is 2.75. The summed E-state index contributed by atoms with van der Waals surface area (Å²) in [7, 11) is -3.31. The van der Waals surface area contributed by atoms with Crippen molar-refractivity contribution in [3.8, 4) is 0 Å². The van der Waals surface area contributed by atoms with Gasteiger partial charge in [0, 0.05) is 38.8 Å². The van der Waals surface area contributed by atoms with Crippen molar-refractivity contribution >= 4 is 21.6 Å². The monoisotopic (exact) mass is 401 g/mol. The highest BCUT2D eigenvalue weighted by Gasteiger charge is 2.25. The first-order valence-corrected chi connectivity index (χ1v) is 11.1. The van der Waals surface area contributed by atoms with Gasteiger partial charge in [0.1, 0.15) is 0 Å². The number of anilines is 1. The molecular weight excluding hydrogens is 374 g/mol. The van der Waals surface area contributed by atoms with Gasteiger partial charge in [-0.15, -0.1) is 0 Å². The van der Waals surface area contributed by atoms with E-state index in [0.717, 1.165) is 36.3 Å². The van der Waals surface area contributed by atoms with Crippen molar-refractivity contribution in [3.63, 3.8) is 0 Å². The fraction of sp³-hybridized carbons (Fsp3) is 0.381. The number of carbonyl (C=O) groups excluding carboxylic acids is 1. The van der Waals surface area contributed by atoms with Gasteiger partial charge in [0.15, 0.2) is 0 Å². The summed E-state index contributed by atoms with van der Waals surface area (Å²) >= 11 is 0. The van der Waals surface area contributed by atoms with Crippen LogP contribution in [0.5, 0.6) is 0 Å². The largest absolute Gasteiger partial charge is 0.326 e. The summed E-state index contributed by atoms with van der Waals surface area (Å²) < 4.78 is 27.2. The second kappa shape index (κ2) is 9.32. The molecule has 0 saturated carbocycles. The maximum Gasteiger partial charge on any atom is 0.221 e. The predicted molar refractivity (Wildman–Crippen MR) is 111 cm³/mol. The Hall–Kier alpha value is -2.22. The van der Waals surface area contributed by atoms with Crippen LogP contribution in [-0.4, -0.2) is 49.7 Å². The van der Waals surface area contributed by atoms with E-state index in [1.165, 1.54) is 6.92 Å². The van der Waals surface area contributed by atoms with Gasteiger partial charge in [0.25, 0.3) is 0 Å². The lowest BCUT2D eigenvalue weighted by Gasteiger charge is -2.22. The predicted octanol–water partition coefficient (Wildman–Crippen LogP) is 2.68. The Bertz CT molecular complexity index is 883. The third-order valence-corrected chi connectivity index (χ3v) is 6.66. The summed E-state index contributed by atoms with van der Waals surface area (Å²) in [6.07, 6.45) is 0.817. The lowest BCUT2D eigenvalue weighted by Crippen LogP contribution is -2.35. The van der Waals surface area contributed by atoms with E-state index >= 15 is 0 Å². The van der Waals surface area contributed by atoms with Gasteiger partial charge in [-0.25, -0.2) is 12.7 Å². The first kappa shape index (κ1) is 20.5. The highest BCUT2D eigenvalue weighted by molar-refractivity contribution is 7.88. The molecule has 0 aromatic heterocycles. The molecule has 1 aliphatic rings. The highest BCUT2D eigenvalue weighted by Crippen LogP contribution is 2.16. The van der Waals surface area contributed by atoms with Crippen LogP contribution in [0.2, 0.25) is 0 Å². The van der Waals surface area contributed by atoms with Crippen molar-refractivity contribution in [2.24, 2.45) is 0 Å². The van der Waals surface area contributed by atoms with E-state index in [0.29, 0.717) is 19.6 Å². The Kier molecular flexibility index (Phi) is 6.83. The van der Waals surface area contributed by atoms with Gasteiger partial charge in [-0.05, 0) is 36.2 Å². The molecule has 0 radical (unpaired) electrons. The molecule has 6 nitrogen and oxygen atoms in total. The zero-order valence-electron chi connectivity index (χ0n) is 16.2. The molecule has 1 N–H and O–H groups in total. The third-order valence-electron chi connectivity index (χ3n) is 4.81. The summed E-state index contributed by atoms with van der Waals surface area (Å²) in [4.78, 5) is 13.4. The number of nitrogens with zero attached hydrogens (tertiary/aromatic N) is 2. The van der Waals surface area contributed by atoms with Gasteiger partial charge in [0.2, 0.25) is 15.9 Å². The number of benzene rings is 2. The van der Waals surface area contributed by atoms with Gasteiger partial charge in [0.05, 0.1) is 5.75 Å². The fourth-order valence-electron chi connectivity index (χ4n) is 3.41. The average molecular weight is 402 g/mol. The molecular formula is C21H27N3O3S. The Morgan fingerprint density at radius 3 is 2.32 bits per heavy atom. The van der Waals surface area contributed by atoms with Crippen molar-refractivity contribution in [2.45, 2.75) is 25.6 Å². The molecule has 3 rings (SSSR count). The summed E-state index contributed by atoms with van der Waals surface area (Å²) in [6, 6.07) is 17.1. The normalized spacial score (nSPS) is 16.5. The number of hydrogen-bond acceptors (Lipinski definition) is 4. The van der Waals surface area contributed by atoms with Crippen LogP contribution >= 0.6 is 0 Å². The zero-order chi connectivity index (χ0) is 20.0. The Morgan fingerprint density at radius 2 is 1.64 bits per heavy atom. The SMILES string of the molecule is CC(=O)Nc1ccc(CN2CCCN(S(=O)(=O)Cc3ccccc3)CC2)cc1. The molecule has 0 spiro atoms. The lowest BCUT2D eigenvalue weighted by molar-refractivity contribution is -0.114. The number of hydrogen-bond donors (Lipinski definition) is 1. The van der Waals surface area contributed by atoms with Crippen LogP contribution in [0.15, 0.2) is 54.6 Å². The van der Waals surface area contributed by atoms with E-state index in [-0.39, 0.29) is 11.7 Å². The first-order chi connectivity index (χ1) is 13.4. The first-order valence-electron chi connectivity index (χ1n) is 9.53. The van der Waals surface area contributed by atoms with E-state index in [9.17, 15) is 13.2 Å². The van der Waals surface area contributed by atoms with Crippen LogP contribution in [0.25, 0.3) is 0 Å². The van der Waals surface area contributed by atoms with Crippen LogP contribution < -0.4 is 5.32 Å². The minimum Gasteiger partial charge on any atom is -0.326 e. The quantitative estimate of drug-likeness (QED) is 0.808. The average Bonchev–Trinajstić information content (AvgIpc) is 2.90. The number of rotatable bonds is 6. The second-order valence-electron chi connectivity index (χ2n) is 7.15. The fourth-order valence-corrected chi connectivity index (χ4v) is 4.98. The zero-order valence-corrected chi connectivity index (χ0v) is 17.0. The second-order valence-corrected chi connectivity index (χ2v) is 9.12. The molecule has 1 fully saturated rings. The standard InChI is InChI=1S/C21H27N3O3S/c1-18(25)22-21-10-8-19(9-11-21)16-23-12-5-13-24(15-14-23)28(26,27)17-20-6-3-2-4-7-20/h2-4,6-11H,5,12-17H2,1H3,(H,22,25). The molecule has 150 valence electrons. The van der Waals surface area contributed by atoms with Gasteiger partial charge in [-0.2, -0.15) is 0 Å². The lowest BCUT2D eigenvalue weighted by atomic mass is 10.2. The molecule has 1 aliphatic heterocycles. The van der Waals surface area contributed by atoms with Crippen LogP contribution in [0, 0.1) is 0 Å². The molecule has 0 atom stereocenters. The molecule has 2 aromatic rings. The maximum atomic E-state index is 12.8. The molecule has 28 heavy (non-hydrogen) atoms. The molecule has 1 heterocycles. The molecule has 0 aliphatic carbocycles. The number of sulfonamides is 1. The van der Waals surface area contributed by atoms with Crippen LogP contribution in [-0.2, 0) is 27.1 Å². The summed E-state index contributed by atoms with van der Waals surface area (Å²) in [6.45, 7) is 4.91. The van der Waals surface area contributed by atoms with Crippen LogP contribution in [0.1, 0.15) is 24.5 Å². The van der Waals surface area contributed by atoms with Crippen LogP contribution in [0.3, 0.4) is 0 Å². The summed E-state index contributed by atoms with van der Waals surface area (Å²) in [5.74, 6) is -0.0320. The Morgan fingerprint density at radius 1 is 0.929 bits per heavy atom. The molecule has 1 amide bonds. The number of carbonyl (C=O) groups is 1. The van der Waals surface area contributed by atoms with E-state index in [1.807, 2.05) is 54.6 Å². The van der Waals surface area contributed by atoms with Crippen molar-refractivity contribution in [1.29, 1.82) is 0 Å². The number of amides is 1. The van der Waals surface area contributed by atoms with Gasteiger partial charge >= 0.3 is 0 Å². The van der Waals surface area contributed by atoms with Gasteiger partial charge in [-0.3, -0.25) is 9.69 Å². The molecule has 1 saturated heterocycles. The van der Waals surface area contributed by atoms with Crippen molar-refractivity contribution < 1.29 is 13.2 Å². The van der Waals surface area contributed by atoms with Crippen molar-refractivity contribution in [1.82, 2.24) is 9.21 Å². The van der Waals surface area contributed by atoms with E-state index in [1.54, 1.807) is 4.31 Å². The molecule has 2 aromatic carbocycles. The topological polar surface area (TPSA) is 69.7 Å². The minimum absolute atomic E-state index is 0.0540. The third kappa shape index (κ3) is 5.89. The van der Waals surface area contributed by atoms with E-state index < -0.39 is 10.0 Å². The summed E-state index contributed by atoms with van der Waals surface area (Å²) in [5, 5.41) is 2.76. The van der Waals surface area contributed by atoms with Crippen molar-refractivity contribution in [2.75, 3.05) is 31.5 Å². The molecule has 0 unspecified atom stereocenters. The molecule has 0 bridgehead atoms. The Labute approximate surface area is 167 Å². The van der Waals surface area contributed by atoms with Crippen LogP contribution in [0.4, 0.5) is 5.69 Å². The van der Waals surface area contributed by atoms with E-state index in [4.69, 9.17) is 0 Å². The Balaban J connectivity index is 1.56. The maximum absolute atomic E-state index is 12.8. The highest BCUT2D eigenvalue weighted by atomic mass is 32.2. The minimum atomic E-state index is -3.31. The molecule has 7 heteroatoms. The van der Waals surface area contributed by atoms with E-state index in [2.05, 4.69) is 10.2 Å². The number of nitrogens with one attached hydrogen (secondary N) is 1. The van der Waals surface area contributed by atoms with Gasteiger partial charge in [-0.1, -0.05) is 42.5 Å². The van der Waals surface area contributed by atoms with Gasteiger partial charge < -0.3 is 5.32 Å².